The van der Waals surface area contributed by atoms with E-state index in [0.29, 0.717) is 0 Å². The second-order valence-corrected chi connectivity index (χ2v) is 2.40. The summed E-state index contributed by atoms with van der Waals surface area (Å²) in [6.45, 7) is 0. The van der Waals surface area contributed by atoms with Crippen LogP contribution in [0.5, 0.6) is 0 Å². The molecule has 0 aliphatic carbocycles. The molecule has 0 saturated carbocycles. The first kappa shape index (κ1) is 7.72. The SMILES string of the molecule is CN=c1[n-][n+](-c2ccccc2)no1. The Morgan fingerprint density at radius 2 is 2.15 bits per heavy atom. The van der Waals surface area contributed by atoms with Gasteiger partial charge in [-0.25, -0.2) is 0 Å². The molecule has 0 aliphatic heterocycles. The topological polar surface area (TPSA) is 56.4 Å². The molecule has 0 N–H and O–H groups in total. The minimum atomic E-state index is 0.267. The predicted molar refractivity (Wildman–Crippen MR) is 42.8 cm³/mol. The summed E-state index contributed by atoms with van der Waals surface area (Å²) in [5.74, 6) is 0. The summed E-state index contributed by atoms with van der Waals surface area (Å²) in [4.78, 5) is 5.15. The van der Waals surface area contributed by atoms with Gasteiger partial charge >= 0.3 is 0 Å². The molecule has 0 amide bonds. The van der Waals surface area contributed by atoms with Crippen LogP contribution < -0.4 is 15.6 Å². The normalized spacial score (nSPS) is 11.9. The van der Waals surface area contributed by atoms with Crippen molar-refractivity contribution in [3.8, 4) is 5.69 Å². The van der Waals surface area contributed by atoms with E-state index in [-0.39, 0.29) is 5.68 Å². The van der Waals surface area contributed by atoms with Crippen LogP contribution in [-0.2, 0) is 0 Å². The van der Waals surface area contributed by atoms with Gasteiger partial charge in [0.25, 0.3) is 0 Å². The van der Waals surface area contributed by atoms with E-state index in [1.54, 1.807) is 7.05 Å². The molecule has 0 bridgehead atoms. The van der Waals surface area contributed by atoms with E-state index in [9.17, 15) is 0 Å². The minimum Gasteiger partial charge on any atom is -0.362 e. The Morgan fingerprint density at radius 1 is 1.38 bits per heavy atom. The van der Waals surface area contributed by atoms with Crippen LogP contribution >= 0.6 is 0 Å². The van der Waals surface area contributed by atoms with Gasteiger partial charge in [-0.2, -0.15) is 0 Å². The number of hydrogen-bond acceptors (Lipinski definition) is 3. The zero-order valence-electron chi connectivity index (χ0n) is 7.08. The summed E-state index contributed by atoms with van der Waals surface area (Å²) in [6, 6.07) is 9.50. The first-order chi connectivity index (χ1) is 6.40. The number of nitrogens with zero attached hydrogens (tertiary/aromatic N) is 4. The molecule has 5 nitrogen and oxygen atoms in total. The van der Waals surface area contributed by atoms with Crippen molar-refractivity contribution in [2.75, 3.05) is 7.05 Å². The third kappa shape index (κ3) is 1.48. The van der Waals surface area contributed by atoms with Crippen LogP contribution in [0.3, 0.4) is 0 Å². The first-order valence-corrected chi connectivity index (χ1v) is 3.82. The van der Waals surface area contributed by atoms with Crippen molar-refractivity contribution >= 4 is 0 Å². The van der Waals surface area contributed by atoms with Crippen molar-refractivity contribution in [1.82, 2.24) is 10.4 Å². The third-order valence-corrected chi connectivity index (χ3v) is 1.56. The van der Waals surface area contributed by atoms with Crippen LogP contribution in [0.25, 0.3) is 5.69 Å². The first-order valence-electron chi connectivity index (χ1n) is 3.82. The van der Waals surface area contributed by atoms with E-state index in [4.69, 9.17) is 4.52 Å². The summed E-state index contributed by atoms with van der Waals surface area (Å²) in [7, 11) is 1.60. The summed E-state index contributed by atoms with van der Waals surface area (Å²) >= 11 is 0. The Balaban J connectivity index is 2.48. The molecule has 0 saturated heterocycles. The Kier molecular flexibility index (Phi) is 1.91. The Bertz CT molecular complexity index is 442. The van der Waals surface area contributed by atoms with Crippen LogP contribution in [0.2, 0.25) is 0 Å². The Labute approximate surface area is 74.3 Å². The minimum absolute atomic E-state index is 0.267. The van der Waals surface area contributed by atoms with Gasteiger partial charge in [0.1, 0.15) is 0 Å². The molecular weight excluding hydrogens is 168 g/mol. The van der Waals surface area contributed by atoms with E-state index in [1.807, 2.05) is 30.3 Å². The van der Waals surface area contributed by atoms with E-state index >= 15 is 0 Å². The lowest BCUT2D eigenvalue weighted by atomic mass is 10.3. The number of para-hydroxylation sites is 1. The molecule has 66 valence electrons. The molecule has 1 aromatic heterocycles. The van der Waals surface area contributed by atoms with E-state index in [1.165, 1.54) is 4.80 Å². The fourth-order valence-corrected chi connectivity index (χ4v) is 0.944. The number of benzene rings is 1. The van der Waals surface area contributed by atoms with Gasteiger partial charge in [-0.05, 0) is 11.8 Å². The molecule has 13 heavy (non-hydrogen) atoms. The molecule has 2 aromatic rings. The maximum absolute atomic E-state index is 4.80. The second-order valence-electron chi connectivity index (χ2n) is 2.40. The molecular formula is C8H8N4O. The quantitative estimate of drug-likeness (QED) is 0.547. The molecule has 0 fully saturated rings. The highest BCUT2D eigenvalue weighted by atomic mass is 16.5. The third-order valence-electron chi connectivity index (χ3n) is 1.56. The largest absolute Gasteiger partial charge is 0.362 e. The van der Waals surface area contributed by atoms with Crippen molar-refractivity contribution in [2.24, 2.45) is 4.99 Å². The highest BCUT2D eigenvalue weighted by Crippen LogP contribution is 1.93. The molecule has 1 aromatic carbocycles. The van der Waals surface area contributed by atoms with E-state index in [0.717, 1.165) is 5.69 Å². The fourth-order valence-electron chi connectivity index (χ4n) is 0.944. The average molecular weight is 176 g/mol. The van der Waals surface area contributed by atoms with Gasteiger partial charge in [0.05, 0.1) is 5.27 Å². The van der Waals surface area contributed by atoms with Crippen LogP contribution in [-0.4, -0.2) is 12.3 Å². The van der Waals surface area contributed by atoms with Gasteiger partial charge in [-0.1, -0.05) is 23.3 Å². The lowest BCUT2D eigenvalue weighted by Crippen LogP contribution is -2.39. The molecule has 0 atom stereocenters. The van der Waals surface area contributed by atoms with Crippen LogP contribution in [0, 0.1) is 0 Å². The summed E-state index contributed by atoms with van der Waals surface area (Å²) in [5.41, 5.74) is 1.12. The molecule has 1 heterocycles. The molecule has 2 rings (SSSR count). The van der Waals surface area contributed by atoms with Gasteiger partial charge < -0.3 is 9.52 Å². The number of rotatable bonds is 1. The van der Waals surface area contributed by atoms with Gasteiger partial charge in [-0.3, -0.25) is 0 Å². The zero-order chi connectivity index (χ0) is 9.10. The highest BCUT2D eigenvalue weighted by molar-refractivity contribution is 5.19. The Morgan fingerprint density at radius 3 is 2.77 bits per heavy atom. The zero-order valence-corrected chi connectivity index (χ0v) is 7.08. The summed E-state index contributed by atoms with van der Waals surface area (Å²) in [5, 5.41) is 7.67. The average Bonchev–Trinajstić information content (AvgIpc) is 2.67. The van der Waals surface area contributed by atoms with Crippen molar-refractivity contribution in [2.45, 2.75) is 0 Å². The lowest BCUT2D eigenvalue weighted by Gasteiger charge is -1.85. The second kappa shape index (κ2) is 3.22. The predicted octanol–water partition coefficient (Wildman–Crippen LogP) is -0.561. The maximum atomic E-state index is 4.80. The van der Waals surface area contributed by atoms with Crippen molar-refractivity contribution in [3.05, 3.63) is 36.0 Å². The van der Waals surface area contributed by atoms with Gasteiger partial charge in [-0.15, -0.1) is 0 Å². The maximum Gasteiger partial charge on any atom is 0.247 e. The molecule has 5 heteroatoms. The fraction of sp³-hybridized carbons (Fsp3) is 0.125. The molecule has 0 spiro atoms. The van der Waals surface area contributed by atoms with Gasteiger partial charge in [0.15, 0.2) is 0 Å². The molecule has 0 unspecified atom stereocenters. The van der Waals surface area contributed by atoms with Crippen molar-refractivity contribution in [3.63, 3.8) is 0 Å². The lowest BCUT2D eigenvalue weighted by molar-refractivity contribution is -0.730. The summed E-state index contributed by atoms with van der Waals surface area (Å²) in [6.07, 6.45) is 0. The van der Waals surface area contributed by atoms with Crippen LogP contribution in [0.15, 0.2) is 39.8 Å². The number of hydrogen-bond donors (Lipinski definition) is 0. The monoisotopic (exact) mass is 176 g/mol. The van der Waals surface area contributed by atoms with E-state index in [2.05, 4.69) is 15.4 Å². The standard InChI is InChI=1S/C8H8N4O/c1-9-8-10-12(11-13-8)7-5-3-2-4-6-7/h2-6H,1H3. The van der Waals surface area contributed by atoms with Crippen molar-refractivity contribution in [1.29, 1.82) is 0 Å². The van der Waals surface area contributed by atoms with Crippen molar-refractivity contribution < 1.29 is 9.32 Å². The Hall–Kier alpha value is -1.91. The summed E-state index contributed by atoms with van der Waals surface area (Å²) < 4.78 is 4.80. The van der Waals surface area contributed by atoms with Gasteiger partial charge in [0, 0.05) is 12.1 Å². The van der Waals surface area contributed by atoms with Crippen LogP contribution in [0.1, 0.15) is 0 Å². The van der Waals surface area contributed by atoms with Gasteiger partial charge in [0.2, 0.25) is 11.4 Å². The van der Waals surface area contributed by atoms with E-state index < -0.39 is 0 Å². The molecule has 0 aliphatic rings. The smallest absolute Gasteiger partial charge is 0.247 e. The number of aromatic nitrogens is 3. The molecule has 0 radical (unpaired) electrons. The highest BCUT2D eigenvalue weighted by Gasteiger charge is 2.03. The van der Waals surface area contributed by atoms with Crippen LogP contribution in [0.4, 0.5) is 0 Å².